The molecular weight excluding hydrogens is 254 g/mol. The number of halogens is 1. The molecule has 1 heterocycles. The lowest BCUT2D eigenvalue weighted by atomic mass is 9.95. The van der Waals surface area contributed by atoms with Gasteiger partial charge in [-0.1, -0.05) is 6.92 Å². The third-order valence-electron chi connectivity index (χ3n) is 3.09. The summed E-state index contributed by atoms with van der Waals surface area (Å²) in [6.07, 6.45) is 1.02. The normalized spacial score (nSPS) is 22.2. The topological polar surface area (TPSA) is 23.5 Å². The van der Waals surface area contributed by atoms with Crippen LogP contribution in [0.2, 0.25) is 0 Å². The number of benzene rings is 1. The van der Waals surface area contributed by atoms with Crippen LogP contribution in [0.3, 0.4) is 0 Å². The van der Waals surface area contributed by atoms with Crippen molar-refractivity contribution in [1.82, 2.24) is 4.90 Å². The van der Waals surface area contributed by atoms with Crippen LogP contribution < -0.4 is 0 Å². The lowest BCUT2D eigenvalue weighted by Crippen LogP contribution is -2.22. The summed E-state index contributed by atoms with van der Waals surface area (Å²) < 4.78 is 0.803. The molecule has 1 aliphatic rings. The van der Waals surface area contributed by atoms with Crippen molar-refractivity contribution in [3.05, 3.63) is 27.7 Å². The Bertz CT molecular complexity index is 378. The van der Waals surface area contributed by atoms with Crippen LogP contribution in [0.15, 0.2) is 16.6 Å². The van der Waals surface area contributed by atoms with E-state index in [2.05, 4.69) is 40.9 Å². The van der Waals surface area contributed by atoms with Crippen LogP contribution in [0.4, 0.5) is 0 Å². The van der Waals surface area contributed by atoms with Gasteiger partial charge in [0.05, 0.1) is 4.47 Å². The Kier molecular flexibility index (Phi) is 3.03. The van der Waals surface area contributed by atoms with Crippen molar-refractivity contribution >= 4 is 15.9 Å². The number of hydrogen-bond acceptors (Lipinski definition) is 2. The maximum atomic E-state index is 9.66. The van der Waals surface area contributed by atoms with Crippen LogP contribution in [-0.2, 0) is 6.42 Å². The van der Waals surface area contributed by atoms with Gasteiger partial charge >= 0.3 is 0 Å². The van der Waals surface area contributed by atoms with E-state index in [4.69, 9.17) is 0 Å². The molecule has 3 heteroatoms. The smallest absolute Gasteiger partial charge is 0.130 e. The lowest BCUT2D eigenvalue weighted by Gasteiger charge is -2.17. The van der Waals surface area contributed by atoms with E-state index < -0.39 is 0 Å². The Morgan fingerprint density at radius 3 is 2.93 bits per heavy atom. The van der Waals surface area contributed by atoms with Crippen LogP contribution in [0.5, 0.6) is 5.75 Å². The molecule has 0 spiro atoms. The second-order valence-electron chi connectivity index (χ2n) is 4.42. The molecule has 0 radical (unpaired) electrons. The number of phenols is 1. The summed E-state index contributed by atoms with van der Waals surface area (Å²) >= 11 is 3.38. The molecule has 1 aromatic carbocycles. The number of aromatic hydroxyl groups is 1. The van der Waals surface area contributed by atoms with Crippen molar-refractivity contribution in [3.8, 4) is 5.75 Å². The molecule has 0 aliphatic carbocycles. The summed E-state index contributed by atoms with van der Waals surface area (Å²) in [4.78, 5) is 2.34. The van der Waals surface area contributed by atoms with Gasteiger partial charge in [0.2, 0.25) is 0 Å². The minimum Gasteiger partial charge on any atom is -0.507 e. The number of hydrogen-bond donors (Lipinski definition) is 1. The van der Waals surface area contributed by atoms with E-state index in [1.807, 2.05) is 6.07 Å². The monoisotopic (exact) mass is 269 g/mol. The van der Waals surface area contributed by atoms with Gasteiger partial charge in [0, 0.05) is 13.1 Å². The first kappa shape index (κ1) is 11.0. The second-order valence-corrected chi connectivity index (χ2v) is 5.27. The average Bonchev–Trinajstić information content (AvgIpc) is 2.30. The van der Waals surface area contributed by atoms with E-state index >= 15 is 0 Å². The van der Waals surface area contributed by atoms with Crippen molar-refractivity contribution in [2.75, 3.05) is 20.1 Å². The summed E-state index contributed by atoms with van der Waals surface area (Å²) in [5.41, 5.74) is 2.65. The highest BCUT2D eigenvalue weighted by Gasteiger charge is 2.19. The SMILES string of the molecule is CC1CN(C)CCc2cc(O)c(Br)cc21. The Balaban J connectivity index is 2.45. The number of phenolic OH excluding ortho intramolecular Hbond substituents is 1. The van der Waals surface area contributed by atoms with Crippen molar-refractivity contribution in [1.29, 1.82) is 0 Å². The highest BCUT2D eigenvalue weighted by molar-refractivity contribution is 9.10. The number of nitrogens with zero attached hydrogens (tertiary/aromatic N) is 1. The predicted octanol–water partition coefficient (Wildman–Crippen LogP) is 2.75. The number of rotatable bonds is 0. The van der Waals surface area contributed by atoms with Crippen LogP contribution in [-0.4, -0.2) is 30.1 Å². The third-order valence-corrected chi connectivity index (χ3v) is 3.72. The number of likely N-dealkylation sites (N-methyl/N-ethyl adjacent to an activating group) is 1. The fourth-order valence-electron chi connectivity index (χ4n) is 2.26. The maximum absolute atomic E-state index is 9.66. The summed E-state index contributed by atoms with van der Waals surface area (Å²) in [6, 6.07) is 3.96. The second kappa shape index (κ2) is 4.14. The molecule has 15 heavy (non-hydrogen) atoms. The largest absolute Gasteiger partial charge is 0.507 e. The molecule has 0 saturated heterocycles. The summed E-state index contributed by atoms with van der Waals surface area (Å²) in [7, 11) is 2.15. The van der Waals surface area contributed by atoms with E-state index in [-0.39, 0.29) is 0 Å². The maximum Gasteiger partial charge on any atom is 0.130 e. The van der Waals surface area contributed by atoms with Gasteiger partial charge in [0.15, 0.2) is 0 Å². The molecule has 0 aromatic heterocycles. The Morgan fingerprint density at radius 1 is 1.47 bits per heavy atom. The first-order chi connectivity index (χ1) is 7.08. The number of fused-ring (bicyclic) bond motifs is 1. The van der Waals surface area contributed by atoms with E-state index in [9.17, 15) is 5.11 Å². The molecule has 2 rings (SSSR count). The molecule has 0 amide bonds. The van der Waals surface area contributed by atoms with Crippen LogP contribution in [0.1, 0.15) is 24.0 Å². The molecule has 1 N–H and O–H groups in total. The van der Waals surface area contributed by atoms with Crippen LogP contribution in [0.25, 0.3) is 0 Å². The summed E-state index contributed by atoms with van der Waals surface area (Å²) in [5.74, 6) is 0.884. The zero-order valence-corrected chi connectivity index (χ0v) is 10.7. The molecule has 1 aliphatic heterocycles. The molecule has 1 atom stereocenters. The predicted molar refractivity (Wildman–Crippen MR) is 65.4 cm³/mol. The van der Waals surface area contributed by atoms with Crippen molar-refractivity contribution in [3.63, 3.8) is 0 Å². The zero-order chi connectivity index (χ0) is 11.0. The van der Waals surface area contributed by atoms with Crippen molar-refractivity contribution < 1.29 is 5.11 Å². The van der Waals surface area contributed by atoms with Crippen molar-refractivity contribution in [2.24, 2.45) is 0 Å². The molecule has 0 fully saturated rings. The van der Waals surface area contributed by atoms with Gasteiger partial charge in [0.1, 0.15) is 5.75 Å². The Labute approximate surface area is 99.0 Å². The minimum atomic E-state index is 0.352. The van der Waals surface area contributed by atoms with E-state index in [0.717, 1.165) is 24.0 Å². The Morgan fingerprint density at radius 2 is 2.20 bits per heavy atom. The van der Waals surface area contributed by atoms with Gasteiger partial charge in [0.25, 0.3) is 0 Å². The van der Waals surface area contributed by atoms with Gasteiger partial charge in [-0.2, -0.15) is 0 Å². The minimum absolute atomic E-state index is 0.352. The van der Waals surface area contributed by atoms with E-state index in [0.29, 0.717) is 11.7 Å². The fraction of sp³-hybridized carbons (Fsp3) is 0.500. The molecule has 0 saturated carbocycles. The first-order valence-electron chi connectivity index (χ1n) is 5.27. The van der Waals surface area contributed by atoms with E-state index in [1.54, 1.807) is 0 Å². The van der Waals surface area contributed by atoms with Gasteiger partial charge in [-0.25, -0.2) is 0 Å². The molecule has 1 aromatic rings. The quantitative estimate of drug-likeness (QED) is 0.783. The fourth-order valence-corrected chi connectivity index (χ4v) is 2.63. The molecule has 1 unspecified atom stereocenters. The highest BCUT2D eigenvalue weighted by atomic mass is 79.9. The third kappa shape index (κ3) is 2.18. The van der Waals surface area contributed by atoms with Crippen LogP contribution in [0, 0.1) is 0 Å². The van der Waals surface area contributed by atoms with Gasteiger partial charge in [-0.3, -0.25) is 0 Å². The first-order valence-corrected chi connectivity index (χ1v) is 6.07. The van der Waals surface area contributed by atoms with Crippen molar-refractivity contribution in [2.45, 2.75) is 19.3 Å². The Hall–Kier alpha value is -0.540. The zero-order valence-electron chi connectivity index (χ0n) is 9.13. The lowest BCUT2D eigenvalue weighted by molar-refractivity contribution is 0.332. The molecule has 82 valence electrons. The molecule has 0 bridgehead atoms. The van der Waals surface area contributed by atoms with Crippen LogP contribution >= 0.6 is 15.9 Å². The standard InChI is InChI=1S/C12H16BrNO/c1-8-7-14(2)4-3-9-5-12(15)11(13)6-10(8)9/h5-6,8,15H,3-4,7H2,1-2H3. The van der Waals surface area contributed by atoms with Gasteiger partial charge in [-0.15, -0.1) is 0 Å². The van der Waals surface area contributed by atoms with E-state index in [1.165, 1.54) is 11.1 Å². The molecule has 2 nitrogen and oxygen atoms in total. The van der Waals surface area contributed by atoms with Gasteiger partial charge in [-0.05, 0) is 58.6 Å². The summed E-state index contributed by atoms with van der Waals surface area (Å²) in [6.45, 7) is 4.40. The average molecular weight is 270 g/mol. The highest BCUT2D eigenvalue weighted by Crippen LogP contribution is 2.33. The molecular formula is C12H16BrNO. The summed E-state index contributed by atoms with van der Waals surface area (Å²) in [5, 5.41) is 9.66. The van der Waals surface area contributed by atoms with Gasteiger partial charge < -0.3 is 10.0 Å².